The molecule has 7 nitrogen and oxygen atoms in total. The van der Waals surface area contributed by atoms with Crippen LogP contribution in [0.15, 0.2) is 48.7 Å². The highest BCUT2D eigenvalue weighted by Crippen LogP contribution is 2.26. The van der Waals surface area contributed by atoms with Crippen LogP contribution in [0.4, 0.5) is 4.39 Å². The van der Waals surface area contributed by atoms with Gasteiger partial charge in [-0.3, -0.25) is 19.3 Å². The number of rotatable bonds is 5. The van der Waals surface area contributed by atoms with Gasteiger partial charge in [0, 0.05) is 67.5 Å². The first kappa shape index (κ1) is 26.1. The number of likely N-dealkylation sites (tertiary alicyclic amines) is 1. The highest BCUT2D eigenvalue weighted by molar-refractivity contribution is 6.43. The Kier molecular flexibility index (Phi) is 7.61. The summed E-state index contributed by atoms with van der Waals surface area (Å²) in [7, 11) is 0. The summed E-state index contributed by atoms with van der Waals surface area (Å²) < 4.78 is 13.3. The van der Waals surface area contributed by atoms with E-state index in [9.17, 15) is 18.8 Å². The number of benzene rings is 2. The van der Waals surface area contributed by atoms with Crippen molar-refractivity contribution in [3.63, 3.8) is 0 Å². The van der Waals surface area contributed by atoms with E-state index < -0.39 is 11.7 Å². The molecule has 38 heavy (non-hydrogen) atoms. The number of halogens is 1. The number of ketones is 1. The Morgan fingerprint density at radius 3 is 2.34 bits per heavy atom. The molecule has 1 N–H and O–H groups in total. The van der Waals surface area contributed by atoms with Crippen LogP contribution in [-0.4, -0.2) is 75.5 Å². The van der Waals surface area contributed by atoms with Crippen molar-refractivity contribution in [2.45, 2.75) is 58.2 Å². The highest BCUT2D eigenvalue weighted by atomic mass is 19.1. The van der Waals surface area contributed by atoms with E-state index in [-0.39, 0.29) is 23.8 Å². The molecule has 3 heterocycles. The molecule has 0 aliphatic carbocycles. The molecule has 0 saturated carbocycles. The number of nitrogens with zero attached hydrogens (tertiary/aromatic N) is 3. The van der Waals surface area contributed by atoms with E-state index >= 15 is 0 Å². The Morgan fingerprint density at radius 2 is 1.63 bits per heavy atom. The summed E-state index contributed by atoms with van der Waals surface area (Å²) in [6, 6.07) is 11.7. The maximum Gasteiger partial charge on any atom is 0.294 e. The molecule has 2 saturated heterocycles. The van der Waals surface area contributed by atoms with Gasteiger partial charge in [-0.1, -0.05) is 25.0 Å². The molecular formula is C30H35FN4O3. The van der Waals surface area contributed by atoms with Crippen molar-refractivity contribution in [1.82, 2.24) is 19.7 Å². The number of H-pyrrole nitrogens is 1. The summed E-state index contributed by atoms with van der Waals surface area (Å²) in [6.45, 7) is 7.30. The van der Waals surface area contributed by atoms with Crippen molar-refractivity contribution in [2.24, 2.45) is 0 Å². The molecule has 2 aromatic carbocycles. The summed E-state index contributed by atoms with van der Waals surface area (Å²) in [6.07, 6.45) is 5.69. The predicted molar refractivity (Wildman–Crippen MR) is 144 cm³/mol. The second kappa shape index (κ2) is 11.1. The lowest BCUT2D eigenvalue weighted by molar-refractivity contribution is -0.126. The van der Waals surface area contributed by atoms with Gasteiger partial charge in [0.15, 0.2) is 0 Å². The van der Waals surface area contributed by atoms with Gasteiger partial charge in [0.05, 0.1) is 5.56 Å². The average Bonchev–Trinajstić information content (AvgIpc) is 3.15. The first-order valence-electron chi connectivity index (χ1n) is 13.6. The van der Waals surface area contributed by atoms with Gasteiger partial charge < -0.3 is 14.8 Å². The lowest BCUT2D eigenvalue weighted by Crippen LogP contribution is -2.57. The lowest BCUT2D eigenvalue weighted by atomic mass is 10.0. The van der Waals surface area contributed by atoms with Gasteiger partial charge in [-0.15, -0.1) is 0 Å². The topological polar surface area (TPSA) is 76.7 Å². The quantitative estimate of drug-likeness (QED) is 0.395. The van der Waals surface area contributed by atoms with Crippen molar-refractivity contribution in [1.29, 1.82) is 0 Å². The van der Waals surface area contributed by atoms with Gasteiger partial charge in [0.25, 0.3) is 11.8 Å². The zero-order valence-electron chi connectivity index (χ0n) is 22.1. The maximum atomic E-state index is 13.7. The van der Waals surface area contributed by atoms with E-state index in [4.69, 9.17) is 0 Å². The molecule has 8 heteroatoms. The van der Waals surface area contributed by atoms with E-state index in [0.717, 1.165) is 36.8 Å². The summed E-state index contributed by atoms with van der Waals surface area (Å²) in [5.41, 5.74) is 2.60. The SMILES string of the molecule is CC1CN(C(=O)c2c[nH]c3ccc(C(=O)C(=O)N4CCCCCC4)cc23)C(C)CN1Cc1ccc(F)cc1. The second-order valence-corrected chi connectivity index (χ2v) is 10.7. The third-order valence-electron chi connectivity index (χ3n) is 7.94. The standard InChI is InChI=1S/C30H35FN4O3/c1-20-18-35(21(2)17-34(20)19-22-7-10-24(31)11-8-22)29(37)26-16-32-27-12-9-23(15-25(26)27)28(36)30(38)33-13-5-3-4-6-14-33/h7-12,15-16,20-21,32H,3-6,13-14,17-19H2,1-2H3. The van der Waals surface area contributed by atoms with Crippen LogP contribution in [0.5, 0.6) is 0 Å². The van der Waals surface area contributed by atoms with Gasteiger partial charge >= 0.3 is 0 Å². The minimum atomic E-state index is -0.523. The number of carbonyl (C=O) groups excluding carboxylic acids is 3. The fourth-order valence-electron chi connectivity index (χ4n) is 5.66. The number of piperazine rings is 1. The monoisotopic (exact) mass is 518 g/mol. The molecule has 2 amide bonds. The molecule has 5 rings (SSSR count). The number of amides is 2. The number of aromatic nitrogens is 1. The normalized spacial score (nSPS) is 20.9. The van der Waals surface area contributed by atoms with Gasteiger partial charge in [-0.05, 0) is 62.6 Å². The van der Waals surface area contributed by atoms with Crippen LogP contribution in [0.1, 0.15) is 65.8 Å². The number of hydrogen-bond donors (Lipinski definition) is 1. The molecular weight excluding hydrogens is 483 g/mol. The van der Waals surface area contributed by atoms with Gasteiger partial charge in [-0.25, -0.2) is 4.39 Å². The van der Waals surface area contributed by atoms with Crippen LogP contribution in [0.3, 0.4) is 0 Å². The molecule has 1 aromatic heterocycles. The highest BCUT2D eigenvalue weighted by Gasteiger charge is 2.33. The first-order chi connectivity index (χ1) is 18.3. The summed E-state index contributed by atoms with van der Waals surface area (Å²) >= 11 is 0. The predicted octanol–water partition coefficient (Wildman–Crippen LogP) is 4.63. The number of aromatic amines is 1. The van der Waals surface area contributed by atoms with Crippen molar-refractivity contribution in [3.05, 3.63) is 71.2 Å². The molecule has 0 radical (unpaired) electrons. The largest absolute Gasteiger partial charge is 0.360 e. The fourth-order valence-corrected chi connectivity index (χ4v) is 5.66. The van der Waals surface area contributed by atoms with Crippen molar-refractivity contribution < 1.29 is 18.8 Å². The number of fused-ring (bicyclic) bond motifs is 1. The molecule has 2 aliphatic rings. The zero-order chi connectivity index (χ0) is 26.8. The van der Waals surface area contributed by atoms with E-state index in [1.54, 1.807) is 41.4 Å². The average molecular weight is 519 g/mol. The van der Waals surface area contributed by atoms with Crippen LogP contribution >= 0.6 is 0 Å². The van der Waals surface area contributed by atoms with Crippen LogP contribution < -0.4 is 0 Å². The fraction of sp³-hybridized carbons (Fsp3) is 0.433. The van der Waals surface area contributed by atoms with E-state index in [2.05, 4.69) is 16.8 Å². The Balaban J connectivity index is 1.32. The lowest BCUT2D eigenvalue weighted by Gasteiger charge is -2.44. The number of nitrogens with one attached hydrogen (secondary N) is 1. The van der Waals surface area contributed by atoms with Gasteiger partial charge in [-0.2, -0.15) is 0 Å². The molecule has 0 spiro atoms. The van der Waals surface area contributed by atoms with Crippen LogP contribution in [0.25, 0.3) is 10.9 Å². The Hall–Kier alpha value is -3.52. The maximum absolute atomic E-state index is 13.7. The first-order valence-corrected chi connectivity index (χ1v) is 13.6. The summed E-state index contributed by atoms with van der Waals surface area (Å²) in [4.78, 5) is 48.7. The summed E-state index contributed by atoms with van der Waals surface area (Å²) in [5.74, 6) is -1.33. The molecule has 3 aromatic rings. The third-order valence-corrected chi connectivity index (χ3v) is 7.94. The zero-order valence-corrected chi connectivity index (χ0v) is 22.1. The minimum absolute atomic E-state index is 0.0291. The van der Waals surface area contributed by atoms with Crippen LogP contribution in [0.2, 0.25) is 0 Å². The number of carbonyl (C=O) groups is 3. The summed E-state index contributed by atoms with van der Waals surface area (Å²) in [5, 5.41) is 0.651. The molecule has 2 fully saturated rings. The molecule has 2 aliphatic heterocycles. The van der Waals surface area contributed by atoms with Crippen molar-refractivity contribution >= 4 is 28.5 Å². The Labute approximate surface area is 222 Å². The number of Topliss-reactive ketones (excluding diaryl/α,β-unsaturated/α-hetero) is 1. The smallest absolute Gasteiger partial charge is 0.294 e. The number of hydrogen-bond acceptors (Lipinski definition) is 4. The van der Waals surface area contributed by atoms with Gasteiger partial charge in [0.2, 0.25) is 5.78 Å². The van der Waals surface area contributed by atoms with E-state index in [1.807, 2.05) is 11.8 Å². The minimum Gasteiger partial charge on any atom is -0.360 e. The van der Waals surface area contributed by atoms with Crippen molar-refractivity contribution in [3.8, 4) is 0 Å². The molecule has 2 unspecified atom stereocenters. The Bertz CT molecular complexity index is 1330. The van der Waals surface area contributed by atoms with Gasteiger partial charge in [0.1, 0.15) is 5.82 Å². The second-order valence-electron chi connectivity index (χ2n) is 10.7. The molecule has 200 valence electrons. The van der Waals surface area contributed by atoms with Crippen molar-refractivity contribution in [2.75, 3.05) is 26.2 Å². The van der Waals surface area contributed by atoms with Crippen LogP contribution in [0, 0.1) is 5.82 Å². The molecule has 0 bridgehead atoms. The van der Waals surface area contributed by atoms with Crippen LogP contribution in [-0.2, 0) is 11.3 Å². The third kappa shape index (κ3) is 5.36. The Morgan fingerprint density at radius 1 is 0.921 bits per heavy atom. The van der Waals surface area contributed by atoms with E-state index in [0.29, 0.717) is 49.2 Å². The van der Waals surface area contributed by atoms with E-state index in [1.165, 1.54) is 12.1 Å². The molecule has 2 atom stereocenters.